The molecule has 1 saturated heterocycles. The van der Waals surface area contributed by atoms with E-state index in [1.807, 2.05) is 49.1 Å². The number of likely N-dealkylation sites (tertiary alicyclic amines) is 1. The van der Waals surface area contributed by atoms with Gasteiger partial charge in [-0.1, -0.05) is 44.2 Å². The number of amides is 2. The Bertz CT molecular complexity index is 543. The molecule has 25 heavy (non-hydrogen) atoms. The van der Waals surface area contributed by atoms with Crippen molar-refractivity contribution in [1.29, 1.82) is 0 Å². The summed E-state index contributed by atoms with van der Waals surface area (Å²) in [5.74, 6) is 0.242. The summed E-state index contributed by atoms with van der Waals surface area (Å²) in [7, 11) is 0. The molecular formula is C19H30ClN3O2. The third-order valence-corrected chi connectivity index (χ3v) is 4.69. The minimum Gasteiger partial charge on any atom is -0.352 e. The molecule has 6 heteroatoms. The number of hydrogen-bond acceptors (Lipinski definition) is 3. The lowest BCUT2D eigenvalue weighted by Crippen LogP contribution is -2.51. The molecule has 0 saturated carbocycles. The van der Waals surface area contributed by atoms with Crippen LogP contribution < -0.4 is 11.1 Å². The molecule has 1 fully saturated rings. The van der Waals surface area contributed by atoms with E-state index in [1.165, 1.54) is 5.56 Å². The van der Waals surface area contributed by atoms with Crippen molar-refractivity contribution in [2.45, 2.75) is 51.6 Å². The summed E-state index contributed by atoms with van der Waals surface area (Å²) in [6, 6.07) is 9.73. The molecule has 0 spiro atoms. The quantitative estimate of drug-likeness (QED) is 0.808. The summed E-state index contributed by atoms with van der Waals surface area (Å²) < 4.78 is 0. The second kappa shape index (κ2) is 10.4. The number of aryl methyl sites for hydroxylation is 1. The van der Waals surface area contributed by atoms with E-state index in [-0.39, 0.29) is 36.2 Å². The average molecular weight is 368 g/mol. The molecule has 0 aliphatic carbocycles. The van der Waals surface area contributed by atoms with Crippen molar-refractivity contribution in [2.24, 2.45) is 11.7 Å². The minimum absolute atomic E-state index is 0. The fraction of sp³-hybridized carbons (Fsp3) is 0.579. The molecule has 1 aliphatic rings. The van der Waals surface area contributed by atoms with Crippen molar-refractivity contribution in [3.8, 4) is 0 Å². The summed E-state index contributed by atoms with van der Waals surface area (Å²) >= 11 is 0. The topological polar surface area (TPSA) is 75.4 Å². The van der Waals surface area contributed by atoms with Crippen LogP contribution in [0.3, 0.4) is 0 Å². The lowest BCUT2D eigenvalue weighted by Gasteiger charge is -2.33. The molecule has 3 N–H and O–H groups in total. The van der Waals surface area contributed by atoms with Crippen LogP contribution in [0, 0.1) is 5.92 Å². The molecule has 1 aromatic carbocycles. The van der Waals surface area contributed by atoms with Gasteiger partial charge in [-0.05, 0) is 30.7 Å². The highest BCUT2D eigenvalue weighted by molar-refractivity contribution is 5.85. The van der Waals surface area contributed by atoms with E-state index >= 15 is 0 Å². The van der Waals surface area contributed by atoms with Gasteiger partial charge in [0.2, 0.25) is 11.8 Å². The van der Waals surface area contributed by atoms with E-state index in [4.69, 9.17) is 5.73 Å². The number of carbonyl (C=O) groups is 2. The Morgan fingerprint density at radius 3 is 2.36 bits per heavy atom. The maximum absolute atomic E-state index is 12.3. The van der Waals surface area contributed by atoms with Crippen molar-refractivity contribution in [3.05, 3.63) is 35.9 Å². The lowest BCUT2D eigenvalue weighted by atomic mass is 10.0. The SMILES string of the molecule is CC(C)[C@H](N)C(=O)NC1CCN(C(=O)CCc2ccccc2)CC1.Cl. The molecule has 2 rings (SSSR count). The molecule has 0 radical (unpaired) electrons. The van der Waals surface area contributed by atoms with Gasteiger partial charge in [0, 0.05) is 25.6 Å². The number of nitrogens with two attached hydrogens (primary N) is 1. The zero-order chi connectivity index (χ0) is 17.5. The second-order valence-electron chi connectivity index (χ2n) is 6.92. The van der Waals surface area contributed by atoms with Gasteiger partial charge in [0.05, 0.1) is 6.04 Å². The standard InChI is InChI=1S/C19H29N3O2.ClH/c1-14(2)18(20)19(24)21-16-10-12-22(13-11-16)17(23)9-8-15-6-4-3-5-7-15;/h3-7,14,16,18H,8-13,20H2,1-2H3,(H,21,24);1H/t18-;/m0./s1. The summed E-state index contributed by atoms with van der Waals surface area (Å²) in [6.07, 6.45) is 2.92. The van der Waals surface area contributed by atoms with Crippen LogP contribution >= 0.6 is 12.4 Å². The summed E-state index contributed by atoms with van der Waals surface area (Å²) in [6.45, 7) is 5.29. The third kappa shape index (κ3) is 6.67. The molecule has 1 aromatic rings. The summed E-state index contributed by atoms with van der Waals surface area (Å²) in [5, 5.41) is 3.02. The van der Waals surface area contributed by atoms with Crippen molar-refractivity contribution in [2.75, 3.05) is 13.1 Å². The van der Waals surface area contributed by atoms with Gasteiger partial charge in [0.15, 0.2) is 0 Å². The zero-order valence-corrected chi connectivity index (χ0v) is 15.9. The molecule has 5 nitrogen and oxygen atoms in total. The molecule has 0 unspecified atom stereocenters. The Kier molecular flexibility index (Phi) is 8.93. The Morgan fingerprint density at radius 2 is 1.80 bits per heavy atom. The van der Waals surface area contributed by atoms with Crippen LogP contribution in [0.2, 0.25) is 0 Å². The van der Waals surface area contributed by atoms with Crippen LogP contribution in [0.25, 0.3) is 0 Å². The van der Waals surface area contributed by atoms with Crippen LogP contribution in [0.4, 0.5) is 0 Å². The molecule has 2 amide bonds. The Labute approximate surface area is 156 Å². The first-order chi connectivity index (χ1) is 11.5. The van der Waals surface area contributed by atoms with E-state index in [2.05, 4.69) is 5.32 Å². The number of halogens is 1. The van der Waals surface area contributed by atoms with Crippen LogP contribution in [0.5, 0.6) is 0 Å². The van der Waals surface area contributed by atoms with E-state index in [9.17, 15) is 9.59 Å². The van der Waals surface area contributed by atoms with Gasteiger partial charge in [-0.15, -0.1) is 12.4 Å². The minimum atomic E-state index is -0.462. The molecule has 0 bridgehead atoms. The van der Waals surface area contributed by atoms with Gasteiger partial charge < -0.3 is 16.0 Å². The van der Waals surface area contributed by atoms with Gasteiger partial charge in [0.25, 0.3) is 0 Å². The maximum Gasteiger partial charge on any atom is 0.237 e. The fourth-order valence-corrected chi connectivity index (χ4v) is 2.93. The largest absolute Gasteiger partial charge is 0.352 e. The molecule has 0 aromatic heterocycles. The van der Waals surface area contributed by atoms with Gasteiger partial charge in [-0.2, -0.15) is 0 Å². The lowest BCUT2D eigenvalue weighted by molar-refractivity contribution is -0.132. The normalized spacial score (nSPS) is 16.2. The van der Waals surface area contributed by atoms with E-state index < -0.39 is 6.04 Å². The second-order valence-corrected chi connectivity index (χ2v) is 6.92. The monoisotopic (exact) mass is 367 g/mol. The number of nitrogens with one attached hydrogen (secondary N) is 1. The van der Waals surface area contributed by atoms with E-state index in [0.29, 0.717) is 19.5 Å². The number of carbonyl (C=O) groups excluding carboxylic acids is 2. The van der Waals surface area contributed by atoms with Crippen molar-refractivity contribution < 1.29 is 9.59 Å². The number of benzene rings is 1. The Hall–Kier alpha value is -1.59. The van der Waals surface area contributed by atoms with E-state index in [0.717, 1.165) is 19.3 Å². The first-order valence-corrected chi connectivity index (χ1v) is 8.85. The highest BCUT2D eigenvalue weighted by Crippen LogP contribution is 2.13. The average Bonchev–Trinajstić information content (AvgIpc) is 2.60. The molecule has 1 atom stereocenters. The Balaban J connectivity index is 0.00000312. The van der Waals surface area contributed by atoms with Crippen molar-refractivity contribution >= 4 is 24.2 Å². The van der Waals surface area contributed by atoms with Crippen LogP contribution in [0.1, 0.15) is 38.7 Å². The summed E-state index contributed by atoms with van der Waals surface area (Å²) in [5.41, 5.74) is 7.06. The smallest absolute Gasteiger partial charge is 0.237 e. The zero-order valence-electron chi connectivity index (χ0n) is 15.1. The Morgan fingerprint density at radius 1 is 1.20 bits per heavy atom. The number of hydrogen-bond donors (Lipinski definition) is 2. The van der Waals surface area contributed by atoms with Gasteiger partial charge in [0.1, 0.15) is 0 Å². The van der Waals surface area contributed by atoms with Gasteiger partial charge in [-0.25, -0.2) is 0 Å². The van der Waals surface area contributed by atoms with E-state index in [1.54, 1.807) is 0 Å². The van der Waals surface area contributed by atoms with Crippen LogP contribution in [0.15, 0.2) is 30.3 Å². The van der Waals surface area contributed by atoms with Crippen molar-refractivity contribution in [1.82, 2.24) is 10.2 Å². The van der Waals surface area contributed by atoms with Crippen molar-refractivity contribution in [3.63, 3.8) is 0 Å². The van der Waals surface area contributed by atoms with Crippen LogP contribution in [-0.4, -0.2) is 41.9 Å². The molecule has 1 heterocycles. The van der Waals surface area contributed by atoms with Crippen LogP contribution in [-0.2, 0) is 16.0 Å². The molecule has 1 aliphatic heterocycles. The third-order valence-electron chi connectivity index (χ3n) is 4.69. The first-order valence-electron chi connectivity index (χ1n) is 8.85. The molecular weight excluding hydrogens is 338 g/mol. The summed E-state index contributed by atoms with van der Waals surface area (Å²) in [4.78, 5) is 26.2. The van der Waals surface area contributed by atoms with Gasteiger partial charge >= 0.3 is 0 Å². The number of nitrogens with zero attached hydrogens (tertiary/aromatic N) is 1. The predicted molar refractivity (Wildman–Crippen MR) is 103 cm³/mol. The fourth-order valence-electron chi connectivity index (χ4n) is 2.93. The highest BCUT2D eigenvalue weighted by Gasteiger charge is 2.26. The number of rotatable bonds is 6. The first kappa shape index (κ1) is 21.5. The highest BCUT2D eigenvalue weighted by atomic mass is 35.5. The number of piperidine rings is 1. The van der Waals surface area contributed by atoms with Gasteiger partial charge in [-0.3, -0.25) is 9.59 Å². The predicted octanol–water partition coefficient (Wildman–Crippen LogP) is 2.13. The maximum atomic E-state index is 12.3. The molecule has 140 valence electrons.